The number of benzene rings is 2. The van der Waals surface area contributed by atoms with E-state index in [0.29, 0.717) is 10.9 Å². The molecule has 2 aromatic carbocycles. The summed E-state index contributed by atoms with van der Waals surface area (Å²) in [5.41, 5.74) is 4.99. The van der Waals surface area contributed by atoms with Crippen LogP contribution in [-0.2, 0) is 14.1 Å². The van der Waals surface area contributed by atoms with Gasteiger partial charge in [0.05, 0.1) is 5.69 Å². The van der Waals surface area contributed by atoms with Crippen LogP contribution in [0, 0.1) is 11.6 Å². The number of rotatable bonds is 4. The Morgan fingerprint density at radius 2 is 1.79 bits per heavy atom. The largest absolute Gasteiger partial charge is 0.436 e. The van der Waals surface area contributed by atoms with Crippen molar-refractivity contribution in [3.8, 4) is 11.1 Å². The monoisotopic (exact) mass is 422 g/mol. The standard InChI is InChI=1S/C20H21F2N2O4P/c1-11-10-15(28-20(23)26)19(25)24(11)14-9-8-13(17(21)18(14)22)12-6-4-5-7-16(12)29(2,3)27/h4-9,11,15H,10H2,1-3H3,(H2,23,26). The van der Waals surface area contributed by atoms with Gasteiger partial charge >= 0.3 is 6.09 Å². The number of anilines is 1. The molecule has 1 fully saturated rings. The minimum Gasteiger partial charge on any atom is -0.436 e. The Hall–Kier alpha value is -2.73. The molecular weight excluding hydrogens is 401 g/mol. The van der Waals surface area contributed by atoms with E-state index in [1.54, 1.807) is 44.5 Å². The van der Waals surface area contributed by atoms with Crippen LogP contribution in [0.15, 0.2) is 36.4 Å². The minimum atomic E-state index is -2.74. The molecule has 1 saturated heterocycles. The van der Waals surface area contributed by atoms with Gasteiger partial charge in [-0.15, -0.1) is 0 Å². The van der Waals surface area contributed by atoms with E-state index in [4.69, 9.17) is 10.5 Å². The normalized spacial score (nSPS) is 19.5. The van der Waals surface area contributed by atoms with Crippen LogP contribution in [0.25, 0.3) is 11.1 Å². The highest BCUT2D eigenvalue weighted by Crippen LogP contribution is 2.41. The van der Waals surface area contributed by atoms with E-state index in [0.717, 1.165) is 4.90 Å². The van der Waals surface area contributed by atoms with Crippen molar-refractivity contribution in [3.05, 3.63) is 48.0 Å². The number of carbonyl (C=O) groups is 2. The maximum absolute atomic E-state index is 15.0. The van der Waals surface area contributed by atoms with Crippen LogP contribution in [-0.4, -0.2) is 37.5 Å². The third kappa shape index (κ3) is 3.90. The van der Waals surface area contributed by atoms with Crippen molar-refractivity contribution in [1.29, 1.82) is 0 Å². The Morgan fingerprint density at radius 1 is 1.14 bits per heavy atom. The van der Waals surface area contributed by atoms with Gasteiger partial charge in [0.1, 0.15) is 7.14 Å². The van der Waals surface area contributed by atoms with Gasteiger partial charge in [-0.3, -0.25) is 4.79 Å². The van der Waals surface area contributed by atoms with Gasteiger partial charge in [0.2, 0.25) is 0 Å². The van der Waals surface area contributed by atoms with Gasteiger partial charge < -0.3 is 19.9 Å². The molecular formula is C20H21F2N2O4P. The van der Waals surface area contributed by atoms with Crippen molar-refractivity contribution in [2.45, 2.75) is 25.5 Å². The van der Waals surface area contributed by atoms with Crippen LogP contribution in [0.3, 0.4) is 0 Å². The molecule has 154 valence electrons. The zero-order chi connectivity index (χ0) is 21.5. The number of halogens is 2. The molecule has 2 unspecified atom stereocenters. The number of ether oxygens (including phenoxy) is 1. The first-order valence-electron chi connectivity index (χ1n) is 8.94. The van der Waals surface area contributed by atoms with Gasteiger partial charge in [-0.25, -0.2) is 13.6 Å². The summed E-state index contributed by atoms with van der Waals surface area (Å²) in [5, 5.41) is 0.437. The van der Waals surface area contributed by atoms with Gasteiger partial charge in [-0.1, -0.05) is 24.3 Å². The van der Waals surface area contributed by atoms with E-state index in [2.05, 4.69) is 0 Å². The first-order valence-corrected chi connectivity index (χ1v) is 11.5. The molecule has 0 aliphatic carbocycles. The second-order valence-corrected chi connectivity index (χ2v) is 10.5. The second-order valence-electron chi connectivity index (χ2n) is 7.35. The van der Waals surface area contributed by atoms with E-state index in [1.807, 2.05) is 0 Å². The molecule has 6 nitrogen and oxygen atoms in total. The number of nitrogens with two attached hydrogens (primary N) is 1. The molecule has 0 radical (unpaired) electrons. The molecule has 0 saturated carbocycles. The van der Waals surface area contributed by atoms with Crippen LogP contribution in [0.5, 0.6) is 0 Å². The predicted molar refractivity (Wildman–Crippen MR) is 107 cm³/mol. The molecule has 1 heterocycles. The van der Waals surface area contributed by atoms with E-state index in [1.165, 1.54) is 12.1 Å². The first-order chi connectivity index (χ1) is 13.5. The van der Waals surface area contributed by atoms with Gasteiger partial charge in [0.25, 0.3) is 5.91 Å². The summed E-state index contributed by atoms with van der Waals surface area (Å²) in [7, 11) is -2.74. The zero-order valence-corrected chi connectivity index (χ0v) is 17.1. The SMILES string of the molecule is CC1CC(OC(N)=O)C(=O)N1c1ccc(-c2ccccc2P(C)(C)=O)c(F)c1F. The lowest BCUT2D eigenvalue weighted by Crippen LogP contribution is -2.36. The average molecular weight is 422 g/mol. The summed E-state index contributed by atoms with van der Waals surface area (Å²) < 4.78 is 47.4. The molecule has 2 N–H and O–H groups in total. The van der Waals surface area contributed by atoms with Crippen LogP contribution in [0.2, 0.25) is 0 Å². The lowest BCUT2D eigenvalue weighted by molar-refractivity contribution is -0.124. The van der Waals surface area contributed by atoms with E-state index in [-0.39, 0.29) is 17.7 Å². The smallest absolute Gasteiger partial charge is 0.405 e. The first kappa shape index (κ1) is 21.0. The third-order valence-corrected chi connectivity index (χ3v) is 6.41. The van der Waals surface area contributed by atoms with Crippen LogP contribution in [0.1, 0.15) is 13.3 Å². The number of amides is 2. The van der Waals surface area contributed by atoms with Crippen molar-refractivity contribution < 1.29 is 27.7 Å². The average Bonchev–Trinajstić information content (AvgIpc) is 2.90. The van der Waals surface area contributed by atoms with Gasteiger partial charge in [0.15, 0.2) is 17.7 Å². The minimum absolute atomic E-state index is 0.0463. The lowest BCUT2D eigenvalue weighted by Gasteiger charge is -2.23. The molecule has 2 amide bonds. The van der Waals surface area contributed by atoms with Crippen LogP contribution < -0.4 is 15.9 Å². The number of hydrogen-bond donors (Lipinski definition) is 1. The van der Waals surface area contributed by atoms with Crippen molar-refractivity contribution in [2.75, 3.05) is 18.2 Å². The fourth-order valence-electron chi connectivity index (χ4n) is 3.59. The summed E-state index contributed by atoms with van der Waals surface area (Å²) >= 11 is 0. The molecule has 2 atom stereocenters. The highest BCUT2D eigenvalue weighted by atomic mass is 31.2. The summed E-state index contributed by atoms with van der Waals surface area (Å²) in [6, 6.07) is 8.66. The summed E-state index contributed by atoms with van der Waals surface area (Å²) in [5.74, 6) is -3.03. The molecule has 1 aliphatic heterocycles. The zero-order valence-electron chi connectivity index (χ0n) is 16.2. The fourth-order valence-corrected chi connectivity index (χ4v) is 4.81. The van der Waals surface area contributed by atoms with Gasteiger partial charge in [-0.2, -0.15) is 0 Å². The maximum Gasteiger partial charge on any atom is 0.405 e. The summed E-state index contributed by atoms with van der Waals surface area (Å²) in [4.78, 5) is 24.5. The van der Waals surface area contributed by atoms with Gasteiger partial charge in [-0.05, 0) is 37.9 Å². The van der Waals surface area contributed by atoms with Gasteiger partial charge in [0, 0.05) is 23.3 Å². The van der Waals surface area contributed by atoms with Crippen molar-refractivity contribution in [2.24, 2.45) is 5.73 Å². The molecule has 0 aromatic heterocycles. The highest BCUT2D eigenvalue weighted by molar-refractivity contribution is 7.70. The predicted octanol–water partition coefficient (Wildman–Crippen LogP) is 3.47. The van der Waals surface area contributed by atoms with Crippen LogP contribution in [0.4, 0.5) is 19.3 Å². The second kappa shape index (κ2) is 7.59. The number of carbonyl (C=O) groups excluding carboxylic acids is 2. The topological polar surface area (TPSA) is 89.7 Å². The van der Waals surface area contributed by atoms with Crippen molar-refractivity contribution in [3.63, 3.8) is 0 Å². The molecule has 29 heavy (non-hydrogen) atoms. The Morgan fingerprint density at radius 3 is 2.41 bits per heavy atom. The maximum atomic E-state index is 15.0. The van der Waals surface area contributed by atoms with Crippen molar-refractivity contribution >= 4 is 30.1 Å². The number of nitrogens with zero attached hydrogens (tertiary/aromatic N) is 1. The van der Waals surface area contributed by atoms with Crippen LogP contribution >= 0.6 is 7.14 Å². The quantitative estimate of drug-likeness (QED) is 0.764. The lowest BCUT2D eigenvalue weighted by atomic mass is 10.0. The Balaban J connectivity index is 2.06. The molecule has 0 spiro atoms. The summed E-state index contributed by atoms with van der Waals surface area (Å²) in [6.45, 7) is 4.74. The molecule has 1 aliphatic rings. The van der Waals surface area contributed by atoms with E-state index < -0.39 is 42.9 Å². The van der Waals surface area contributed by atoms with E-state index >= 15 is 4.39 Å². The Bertz CT molecular complexity index is 1040. The number of primary amides is 1. The Kier molecular flexibility index (Phi) is 5.50. The molecule has 0 bridgehead atoms. The molecule has 3 rings (SSSR count). The van der Waals surface area contributed by atoms with E-state index in [9.17, 15) is 18.5 Å². The molecule has 9 heteroatoms. The third-order valence-electron chi connectivity index (χ3n) is 4.86. The molecule has 2 aromatic rings. The Labute approximate surface area is 167 Å². The number of hydrogen-bond acceptors (Lipinski definition) is 4. The fraction of sp³-hybridized carbons (Fsp3) is 0.300. The van der Waals surface area contributed by atoms with Crippen molar-refractivity contribution in [1.82, 2.24) is 0 Å². The summed E-state index contributed by atoms with van der Waals surface area (Å²) in [6.07, 6.45) is -2.14. The highest BCUT2D eigenvalue weighted by Gasteiger charge is 2.42.